The molecule has 1 unspecified atom stereocenters. The highest BCUT2D eigenvalue weighted by Crippen LogP contribution is 2.43. The van der Waals surface area contributed by atoms with Gasteiger partial charge in [-0.3, -0.25) is 4.79 Å². The summed E-state index contributed by atoms with van der Waals surface area (Å²) in [5.74, 6) is 0.951. The summed E-state index contributed by atoms with van der Waals surface area (Å²) < 4.78 is 13.5. The Morgan fingerprint density at radius 2 is 2.04 bits per heavy atom. The SMILES string of the molecule is N#CCC1CCC(N2CCC3(CCCN(c4cccc(F)n4)C3)C2=O)CC1. The van der Waals surface area contributed by atoms with Gasteiger partial charge in [0.1, 0.15) is 5.82 Å². The molecule has 0 bridgehead atoms. The van der Waals surface area contributed by atoms with E-state index in [-0.39, 0.29) is 11.3 Å². The Labute approximate surface area is 160 Å². The lowest BCUT2D eigenvalue weighted by Crippen LogP contribution is -2.50. The minimum atomic E-state index is -0.472. The number of nitrogens with zero attached hydrogens (tertiary/aromatic N) is 4. The number of halogens is 1. The molecule has 0 aromatic carbocycles. The summed E-state index contributed by atoms with van der Waals surface area (Å²) in [5.41, 5.74) is -0.338. The predicted octanol–water partition coefficient (Wildman–Crippen LogP) is 3.51. The number of carbonyl (C=O) groups is 1. The van der Waals surface area contributed by atoms with Gasteiger partial charge in [0.05, 0.1) is 11.5 Å². The van der Waals surface area contributed by atoms with Crippen LogP contribution in [0.1, 0.15) is 51.4 Å². The third-order valence-electron chi connectivity index (χ3n) is 6.78. The normalized spacial score (nSPS) is 31.3. The quantitative estimate of drug-likeness (QED) is 0.764. The molecule has 1 atom stereocenters. The Kier molecular flexibility index (Phi) is 5.03. The van der Waals surface area contributed by atoms with E-state index in [1.807, 2.05) is 6.07 Å². The summed E-state index contributed by atoms with van der Waals surface area (Å²) >= 11 is 0. The summed E-state index contributed by atoms with van der Waals surface area (Å²) in [4.78, 5) is 21.6. The molecule has 1 amide bonds. The zero-order valence-corrected chi connectivity index (χ0v) is 15.7. The second-order valence-electron chi connectivity index (χ2n) is 8.41. The predicted molar refractivity (Wildman–Crippen MR) is 100 cm³/mol. The molecule has 3 aliphatic rings. The Bertz CT molecular complexity index is 740. The van der Waals surface area contributed by atoms with Crippen molar-refractivity contribution in [1.82, 2.24) is 9.88 Å². The van der Waals surface area contributed by atoms with E-state index in [4.69, 9.17) is 5.26 Å². The van der Waals surface area contributed by atoms with E-state index in [2.05, 4.69) is 20.9 Å². The molecule has 2 aliphatic heterocycles. The van der Waals surface area contributed by atoms with Gasteiger partial charge in [-0.1, -0.05) is 6.07 Å². The maximum atomic E-state index is 13.5. The number of pyridine rings is 1. The van der Waals surface area contributed by atoms with E-state index in [9.17, 15) is 9.18 Å². The average Bonchev–Trinajstić information content (AvgIpc) is 2.99. The van der Waals surface area contributed by atoms with Crippen LogP contribution in [0, 0.1) is 28.6 Å². The number of nitriles is 1. The lowest BCUT2D eigenvalue weighted by molar-refractivity contribution is -0.139. The number of hydrogen-bond donors (Lipinski definition) is 0. The zero-order chi connectivity index (χ0) is 18.9. The molecule has 0 radical (unpaired) electrons. The van der Waals surface area contributed by atoms with Crippen LogP contribution >= 0.6 is 0 Å². The zero-order valence-electron chi connectivity index (χ0n) is 15.7. The first-order valence-electron chi connectivity index (χ1n) is 10.2. The first-order valence-corrected chi connectivity index (χ1v) is 10.2. The average molecular weight is 370 g/mol. The Morgan fingerprint density at radius 1 is 1.22 bits per heavy atom. The van der Waals surface area contributed by atoms with Gasteiger partial charge in [-0.25, -0.2) is 4.98 Å². The molecule has 1 aromatic rings. The molecule has 144 valence electrons. The molecule has 0 N–H and O–H groups in total. The molecule has 1 spiro atoms. The standard InChI is InChI=1S/C21H27FN4O/c22-18-3-1-4-19(24-18)25-13-2-10-21(15-25)11-14-26(20(21)27)17-7-5-16(6-8-17)9-12-23/h1,3-4,16-17H,2,5-11,13-15H2. The summed E-state index contributed by atoms with van der Waals surface area (Å²) in [6.07, 6.45) is 7.51. The summed E-state index contributed by atoms with van der Waals surface area (Å²) in [6, 6.07) is 7.48. The number of rotatable bonds is 3. The molecule has 3 fully saturated rings. The molecule has 3 heterocycles. The number of anilines is 1. The number of likely N-dealkylation sites (tertiary alicyclic amines) is 1. The van der Waals surface area contributed by atoms with Crippen LogP contribution < -0.4 is 4.90 Å². The second kappa shape index (κ2) is 7.46. The molecule has 4 rings (SSSR count). The number of carbonyl (C=O) groups excluding carboxylic acids is 1. The highest BCUT2D eigenvalue weighted by molar-refractivity contribution is 5.86. The van der Waals surface area contributed by atoms with Gasteiger partial charge in [0.25, 0.3) is 0 Å². The number of amides is 1. The first-order chi connectivity index (χ1) is 13.1. The van der Waals surface area contributed by atoms with Gasteiger partial charge in [0, 0.05) is 32.1 Å². The molecule has 2 saturated heterocycles. The first kappa shape index (κ1) is 18.2. The second-order valence-corrected chi connectivity index (χ2v) is 8.41. The van der Waals surface area contributed by atoms with Crippen molar-refractivity contribution in [2.24, 2.45) is 11.3 Å². The molecule has 6 heteroatoms. The van der Waals surface area contributed by atoms with Crippen LogP contribution in [0.3, 0.4) is 0 Å². The lowest BCUT2D eigenvalue weighted by atomic mass is 9.78. The fourth-order valence-electron chi connectivity index (χ4n) is 5.27. The lowest BCUT2D eigenvalue weighted by Gasteiger charge is -2.41. The van der Waals surface area contributed by atoms with E-state index >= 15 is 0 Å². The van der Waals surface area contributed by atoms with Crippen LogP contribution in [0.15, 0.2) is 18.2 Å². The maximum Gasteiger partial charge on any atom is 0.230 e. The van der Waals surface area contributed by atoms with Crippen molar-refractivity contribution < 1.29 is 9.18 Å². The van der Waals surface area contributed by atoms with Crippen molar-refractivity contribution in [2.75, 3.05) is 24.5 Å². The van der Waals surface area contributed by atoms with Crippen LogP contribution in [0.25, 0.3) is 0 Å². The van der Waals surface area contributed by atoms with Gasteiger partial charge in [-0.2, -0.15) is 9.65 Å². The maximum absolute atomic E-state index is 13.5. The van der Waals surface area contributed by atoms with Crippen LogP contribution in [-0.4, -0.2) is 41.5 Å². The molecule has 1 saturated carbocycles. The highest BCUT2D eigenvalue weighted by atomic mass is 19.1. The third kappa shape index (κ3) is 3.52. The van der Waals surface area contributed by atoms with Crippen molar-refractivity contribution in [3.05, 3.63) is 24.1 Å². The van der Waals surface area contributed by atoms with Crippen LogP contribution in [-0.2, 0) is 4.79 Å². The van der Waals surface area contributed by atoms with Crippen molar-refractivity contribution in [1.29, 1.82) is 5.26 Å². The molecular formula is C21H27FN4O. The van der Waals surface area contributed by atoms with E-state index in [0.29, 0.717) is 30.7 Å². The topological polar surface area (TPSA) is 60.2 Å². The monoisotopic (exact) mass is 370 g/mol. The smallest absolute Gasteiger partial charge is 0.230 e. The van der Waals surface area contributed by atoms with Gasteiger partial charge >= 0.3 is 0 Å². The van der Waals surface area contributed by atoms with Gasteiger partial charge in [0.2, 0.25) is 11.9 Å². The fourth-order valence-corrected chi connectivity index (χ4v) is 5.27. The van der Waals surface area contributed by atoms with Crippen molar-refractivity contribution in [3.63, 3.8) is 0 Å². The summed E-state index contributed by atoms with van der Waals surface area (Å²) in [6.45, 7) is 2.30. The minimum Gasteiger partial charge on any atom is -0.355 e. The van der Waals surface area contributed by atoms with Crippen molar-refractivity contribution in [3.8, 4) is 6.07 Å². The molecule has 1 aromatic heterocycles. The Balaban J connectivity index is 1.44. The Hall–Kier alpha value is -2.16. The van der Waals surface area contributed by atoms with E-state index < -0.39 is 5.95 Å². The van der Waals surface area contributed by atoms with Crippen LogP contribution in [0.5, 0.6) is 0 Å². The van der Waals surface area contributed by atoms with E-state index in [1.165, 1.54) is 6.07 Å². The minimum absolute atomic E-state index is 0.285. The van der Waals surface area contributed by atoms with E-state index in [1.54, 1.807) is 6.07 Å². The third-order valence-corrected chi connectivity index (χ3v) is 6.78. The molecule has 27 heavy (non-hydrogen) atoms. The fraction of sp³-hybridized carbons (Fsp3) is 0.667. The summed E-state index contributed by atoms with van der Waals surface area (Å²) in [5, 5.41) is 8.89. The van der Waals surface area contributed by atoms with Crippen LogP contribution in [0.4, 0.5) is 10.2 Å². The highest BCUT2D eigenvalue weighted by Gasteiger charge is 2.50. The summed E-state index contributed by atoms with van der Waals surface area (Å²) in [7, 11) is 0. The number of hydrogen-bond acceptors (Lipinski definition) is 4. The number of piperidine rings is 1. The van der Waals surface area contributed by atoms with Gasteiger partial charge in [-0.05, 0) is 63.0 Å². The molecule has 1 aliphatic carbocycles. The van der Waals surface area contributed by atoms with Gasteiger partial charge < -0.3 is 9.80 Å². The molecular weight excluding hydrogens is 343 g/mol. The Morgan fingerprint density at radius 3 is 2.78 bits per heavy atom. The van der Waals surface area contributed by atoms with E-state index in [0.717, 1.165) is 58.0 Å². The largest absolute Gasteiger partial charge is 0.355 e. The van der Waals surface area contributed by atoms with Gasteiger partial charge in [-0.15, -0.1) is 0 Å². The van der Waals surface area contributed by atoms with Crippen molar-refractivity contribution in [2.45, 2.75) is 57.4 Å². The number of aromatic nitrogens is 1. The molecule has 5 nitrogen and oxygen atoms in total. The van der Waals surface area contributed by atoms with Crippen molar-refractivity contribution >= 4 is 11.7 Å². The van der Waals surface area contributed by atoms with Crippen LogP contribution in [0.2, 0.25) is 0 Å². The van der Waals surface area contributed by atoms with Gasteiger partial charge in [0.15, 0.2) is 0 Å².